The minimum Gasteiger partial charge on any atom is -0.442 e. The normalized spacial score (nSPS) is 10.7. The third kappa shape index (κ3) is 3.87. The van der Waals surface area contributed by atoms with Gasteiger partial charge in [0.1, 0.15) is 0 Å². The van der Waals surface area contributed by atoms with Crippen LogP contribution in [0, 0.1) is 11.3 Å². The van der Waals surface area contributed by atoms with Gasteiger partial charge in [-0.15, -0.1) is 0 Å². The molecule has 0 aliphatic rings. The van der Waals surface area contributed by atoms with Crippen molar-refractivity contribution in [2.75, 3.05) is 0 Å². The van der Waals surface area contributed by atoms with E-state index < -0.39 is 7.37 Å². The maximum Gasteiger partial charge on any atom is 0.306 e. The maximum atomic E-state index is 13.5. The summed E-state index contributed by atoms with van der Waals surface area (Å²) in [6.07, 6.45) is 1.61. The van der Waals surface area contributed by atoms with Gasteiger partial charge in [0, 0.05) is 12.8 Å². The number of nitrogens with zero attached hydrogens (tertiary/aromatic N) is 1. The van der Waals surface area contributed by atoms with Gasteiger partial charge in [-0.3, -0.25) is 4.57 Å². The first-order valence-electron chi connectivity index (χ1n) is 7.12. The zero-order chi connectivity index (χ0) is 15.8. The number of allylic oxidation sites excluding steroid dienone is 1. The van der Waals surface area contributed by atoms with Crippen molar-refractivity contribution in [3.63, 3.8) is 0 Å². The van der Waals surface area contributed by atoms with E-state index in [-0.39, 0.29) is 0 Å². The Kier molecular flexibility index (Phi) is 5.58. The molecule has 0 unspecified atom stereocenters. The van der Waals surface area contributed by atoms with Gasteiger partial charge in [-0.25, -0.2) is 0 Å². The summed E-state index contributed by atoms with van der Waals surface area (Å²) in [7, 11) is -3.21. The van der Waals surface area contributed by atoms with Crippen LogP contribution in [0.2, 0.25) is 0 Å². The highest BCUT2D eigenvalue weighted by atomic mass is 31.2. The van der Waals surface area contributed by atoms with Crippen molar-refractivity contribution >= 4 is 18.0 Å². The summed E-state index contributed by atoms with van der Waals surface area (Å²) >= 11 is 0. The number of benzene rings is 2. The average molecular weight is 311 g/mol. The van der Waals surface area contributed by atoms with E-state index >= 15 is 0 Å². The summed E-state index contributed by atoms with van der Waals surface area (Å²) in [5.41, 5.74) is 0. The van der Waals surface area contributed by atoms with E-state index in [1.807, 2.05) is 36.4 Å². The Morgan fingerprint density at radius 3 is 2.00 bits per heavy atom. The van der Waals surface area contributed by atoms with E-state index in [1.54, 1.807) is 24.3 Å². The van der Waals surface area contributed by atoms with E-state index in [4.69, 9.17) is 9.79 Å². The van der Waals surface area contributed by atoms with Crippen molar-refractivity contribution in [1.29, 1.82) is 5.26 Å². The molecule has 0 saturated heterocycles. The summed E-state index contributed by atoms with van der Waals surface area (Å²) in [4.78, 5) is 0. The van der Waals surface area contributed by atoms with Crippen LogP contribution >= 0.6 is 7.37 Å². The highest BCUT2D eigenvalue weighted by Gasteiger charge is 2.30. The van der Waals surface area contributed by atoms with Crippen LogP contribution in [0.15, 0.2) is 73.0 Å². The standard InChI is InChI=1S/C18H18NO2P/c1-16(10-8-9-15-19)21-22(20,17-11-4-2-5-12-17)18-13-6-3-7-14-18/h2-7,11-14H,1,8-10H2. The molecular formula is C18H18NO2P. The molecule has 0 aliphatic heterocycles. The molecule has 2 aromatic rings. The van der Waals surface area contributed by atoms with Gasteiger partial charge in [0.15, 0.2) is 0 Å². The van der Waals surface area contributed by atoms with Crippen molar-refractivity contribution in [2.45, 2.75) is 19.3 Å². The van der Waals surface area contributed by atoms with Crippen LogP contribution in [0.25, 0.3) is 0 Å². The van der Waals surface area contributed by atoms with Gasteiger partial charge in [0.2, 0.25) is 0 Å². The molecule has 112 valence electrons. The Hall–Kier alpha value is -2.30. The zero-order valence-corrected chi connectivity index (χ0v) is 13.2. The van der Waals surface area contributed by atoms with Gasteiger partial charge < -0.3 is 4.52 Å². The summed E-state index contributed by atoms with van der Waals surface area (Å²) in [5.74, 6) is 0.450. The molecule has 0 heterocycles. The smallest absolute Gasteiger partial charge is 0.306 e. The fraction of sp³-hybridized carbons (Fsp3) is 0.167. The number of rotatable bonds is 7. The summed E-state index contributed by atoms with van der Waals surface area (Å²) in [5, 5.41) is 9.88. The van der Waals surface area contributed by atoms with Gasteiger partial charge in [0.05, 0.1) is 22.4 Å². The van der Waals surface area contributed by atoms with E-state index in [1.165, 1.54) is 0 Å². The fourth-order valence-electron chi connectivity index (χ4n) is 2.10. The van der Waals surface area contributed by atoms with Crippen LogP contribution in [0.3, 0.4) is 0 Å². The Morgan fingerprint density at radius 1 is 1.05 bits per heavy atom. The molecule has 0 fully saturated rings. The van der Waals surface area contributed by atoms with Gasteiger partial charge >= 0.3 is 7.37 Å². The number of hydrogen-bond acceptors (Lipinski definition) is 3. The Balaban J connectivity index is 2.30. The SMILES string of the molecule is C=C(CCCC#N)OP(=O)(c1ccccc1)c1ccccc1. The van der Waals surface area contributed by atoms with Gasteiger partial charge in [0.25, 0.3) is 0 Å². The molecule has 0 saturated carbocycles. The fourth-order valence-corrected chi connectivity index (χ4v) is 4.19. The lowest BCUT2D eigenvalue weighted by Gasteiger charge is -2.21. The quantitative estimate of drug-likeness (QED) is 0.439. The molecule has 3 nitrogen and oxygen atoms in total. The molecule has 0 spiro atoms. The second kappa shape index (κ2) is 7.64. The van der Waals surface area contributed by atoms with E-state index in [9.17, 15) is 4.57 Å². The van der Waals surface area contributed by atoms with Crippen LogP contribution in [0.5, 0.6) is 0 Å². The lowest BCUT2D eigenvalue weighted by molar-refractivity contribution is 0.402. The lowest BCUT2D eigenvalue weighted by atomic mass is 10.2. The molecule has 0 bridgehead atoms. The third-order valence-electron chi connectivity index (χ3n) is 3.19. The van der Waals surface area contributed by atoms with Crippen molar-refractivity contribution in [1.82, 2.24) is 0 Å². The zero-order valence-electron chi connectivity index (χ0n) is 12.3. The van der Waals surface area contributed by atoms with Crippen LogP contribution in [0.4, 0.5) is 0 Å². The molecule has 0 aliphatic carbocycles. The molecule has 0 atom stereocenters. The van der Waals surface area contributed by atoms with Crippen LogP contribution in [-0.4, -0.2) is 0 Å². The highest BCUT2D eigenvalue weighted by molar-refractivity contribution is 7.74. The second-order valence-corrected chi connectivity index (χ2v) is 7.18. The predicted octanol–water partition coefficient (Wildman–Crippen LogP) is 4.14. The first-order chi connectivity index (χ1) is 10.7. The lowest BCUT2D eigenvalue weighted by Crippen LogP contribution is -2.17. The Bertz CT molecular complexity index is 661. The average Bonchev–Trinajstić information content (AvgIpc) is 2.56. The van der Waals surface area contributed by atoms with Crippen LogP contribution in [0.1, 0.15) is 19.3 Å². The molecular weight excluding hydrogens is 293 g/mol. The van der Waals surface area contributed by atoms with E-state index in [2.05, 4.69) is 12.6 Å². The second-order valence-electron chi connectivity index (χ2n) is 4.86. The number of unbranched alkanes of at least 4 members (excludes halogenated alkanes) is 1. The van der Waals surface area contributed by atoms with Crippen molar-refractivity contribution in [3.8, 4) is 6.07 Å². The molecule has 22 heavy (non-hydrogen) atoms. The first kappa shape index (κ1) is 16.1. The van der Waals surface area contributed by atoms with Gasteiger partial charge in [-0.2, -0.15) is 5.26 Å². The highest BCUT2D eigenvalue weighted by Crippen LogP contribution is 2.47. The summed E-state index contributed by atoms with van der Waals surface area (Å²) in [6, 6.07) is 20.4. The largest absolute Gasteiger partial charge is 0.442 e. The predicted molar refractivity (Wildman–Crippen MR) is 89.4 cm³/mol. The molecule has 0 radical (unpaired) electrons. The van der Waals surface area contributed by atoms with Gasteiger partial charge in [-0.1, -0.05) is 43.0 Å². The summed E-state index contributed by atoms with van der Waals surface area (Å²) in [6.45, 7) is 3.86. The first-order valence-corrected chi connectivity index (χ1v) is 8.75. The molecule has 0 N–H and O–H groups in total. The number of hydrogen-bond donors (Lipinski definition) is 0. The minimum atomic E-state index is -3.21. The molecule has 4 heteroatoms. The third-order valence-corrected chi connectivity index (χ3v) is 5.67. The van der Waals surface area contributed by atoms with Gasteiger partial charge in [-0.05, 0) is 30.7 Å². The molecule has 2 rings (SSSR count). The maximum absolute atomic E-state index is 13.5. The summed E-state index contributed by atoms with van der Waals surface area (Å²) < 4.78 is 19.3. The van der Waals surface area contributed by atoms with E-state index in [0.29, 0.717) is 35.6 Å². The van der Waals surface area contributed by atoms with Crippen molar-refractivity contribution in [3.05, 3.63) is 73.0 Å². The van der Waals surface area contributed by atoms with Crippen molar-refractivity contribution in [2.24, 2.45) is 0 Å². The molecule has 0 aromatic heterocycles. The Labute approximate surface area is 131 Å². The monoisotopic (exact) mass is 311 g/mol. The minimum absolute atomic E-state index is 0.434. The van der Waals surface area contributed by atoms with E-state index in [0.717, 1.165) is 0 Å². The topological polar surface area (TPSA) is 50.1 Å². The molecule has 2 aromatic carbocycles. The van der Waals surface area contributed by atoms with Crippen LogP contribution in [-0.2, 0) is 9.09 Å². The molecule has 0 amide bonds. The van der Waals surface area contributed by atoms with Crippen molar-refractivity contribution < 1.29 is 9.09 Å². The van der Waals surface area contributed by atoms with Crippen LogP contribution < -0.4 is 10.6 Å². The number of nitriles is 1. The Morgan fingerprint density at radius 2 is 1.55 bits per heavy atom.